The third-order valence-electron chi connectivity index (χ3n) is 3.56. The lowest BCUT2D eigenvalue weighted by Crippen LogP contribution is -1.99. The van der Waals surface area contributed by atoms with Gasteiger partial charge in [0.1, 0.15) is 0 Å². The second-order valence-corrected chi connectivity index (χ2v) is 5.09. The van der Waals surface area contributed by atoms with Crippen molar-refractivity contribution in [3.8, 4) is 5.69 Å². The van der Waals surface area contributed by atoms with E-state index >= 15 is 0 Å². The first kappa shape index (κ1) is 13.6. The van der Waals surface area contributed by atoms with Crippen LogP contribution in [0, 0.1) is 0 Å². The van der Waals surface area contributed by atoms with Crippen molar-refractivity contribution in [2.75, 3.05) is 0 Å². The molecule has 1 N–H and O–H groups in total. The second kappa shape index (κ2) is 6.37. The summed E-state index contributed by atoms with van der Waals surface area (Å²) in [4.78, 5) is 0. The fourth-order valence-corrected chi connectivity index (χ4v) is 2.35. The van der Waals surface area contributed by atoms with Gasteiger partial charge in [-0.05, 0) is 30.5 Å². The first-order valence-electron chi connectivity index (χ1n) is 7.15. The molecule has 1 unspecified atom stereocenters. The van der Waals surface area contributed by atoms with Gasteiger partial charge in [-0.2, -0.15) is 5.10 Å². The lowest BCUT2D eigenvalue weighted by atomic mass is 10.0. The molecule has 0 aliphatic rings. The normalized spacial score (nSPS) is 12.2. The Balaban J connectivity index is 1.66. The molecule has 0 saturated carbocycles. The molecule has 3 heteroatoms. The van der Waals surface area contributed by atoms with E-state index in [4.69, 9.17) is 0 Å². The Hall–Kier alpha value is -2.39. The van der Waals surface area contributed by atoms with E-state index in [0.29, 0.717) is 6.42 Å². The lowest BCUT2D eigenvalue weighted by molar-refractivity contribution is 0.168. The minimum absolute atomic E-state index is 0.484. The molecule has 1 aromatic heterocycles. The number of hydrogen-bond donors (Lipinski definition) is 1. The first-order valence-corrected chi connectivity index (χ1v) is 7.15. The molecule has 1 heterocycles. The van der Waals surface area contributed by atoms with Crippen LogP contribution in [0.2, 0.25) is 0 Å². The highest BCUT2D eigenvalue weighted by atomic mass is 16.3. The van der Waals surface area contributed by atoms with Gasteiger partial charge in [0.2, 0.25) is 0 Å². The van der Waals surface area contributed by atoms with Gasteiger partial charge >= 0.3 is 0 Å². The molecule has 0 bridgehead atoms. The molecule has 3 rings (SSSR count). The van der Waals surface area contributed by atoms with Crippen molar-refractivity contribution in [2.45, 2.75) is 18.9 Å². The van der Waals surface area contributed by atoms with E-state index in [9.17, 15) is 5.11 Å². The maximum Gasteiger partial charge on any atom is 0.0823 e. The van der Waals surface area contributed by atoms with Crippen molar-refractivity contribution < 1.29 is 5.11 Å². The third kappa shape index (κ3) is 3.38. The Bertz CT molecular complexity index is 677. The fourth-order valence-electron chi connectivity index (χ4n) is 2.35. The quantitative estimate of drug-likeness (QED) is 0.775. The number of aromatic nitrogens is 2. The Morgan fingerprint density at radius 1 is 0.952 bits per heavy atom. The van der Waals surface area contributed by atoms with Crippen LogP contribution in [0.25, 0.3) is 5.69 Å². The molecule has 106 valence electrons. The largest absolute Gasteiger partial charge is 0.388 e. The van der Waals surface area contributed by atoms with Crippen LogP contribution in [0.3, 0.4) is 0 Å². The van der Waals surface area contributed by atoms with Crippen LogP contribution in [0.4, 0.5) is 0 Å². The lowest BCUT2D eigenvalue weighted by Gasteiger charge is -2.08. The standard InChI is InChI=1S/C18H18N2O/c21-18(12-11-15-7-3-1-4-8-15)16-13-19-20(14-16)17-9-5-2-6-10-17/h1-10,13-14,18,21H,11-12H2. The molecule has 1 atom stereocenters. The van der Waals surface area contributed by atoms with Crippen molar-refractivity contribution in [3.05, 3.63) is 84.2 Å². The number of benzene rings is 2. The van der Waals surface area contributed by atoms with Gasteiger partial charge in [0.15, 0.2) is 0 Å². The van der Waals surface area contributed by atoms with E-state index in [2.05, 4.69) is 17.2 Å². The van der Waals surface area contributed by atoms with Crippen LogP contribution in [0.5, 0.6) is 0 Å². The monoisotopic (exact) mass is 278 g/mol. The van der Waals surface area contributed by atoms with Crippen LogP contribution >= 0.6 is 0 Å². The van der Waals surface area contributed by atoms with Gasteiger partial charge < -0.3 is 5.11 Å². The highest BCUT2D eigenvalue weighted by molar-refractivity contribution is 5.31. The molecule has 0 aliphatic heterocycles. The zero-order valence-corrected chi connectivity index (χ0v) is 11.8. The van der Waals surface area contributed by atoms with Gasteiger partial charge in [0.05, 0.1) is 18.0 Å². The zero-order chi connectivity index (χ0) is 14.5. The Kier molecular flexibility index (Phi) is 4.12. The van der Waals surface area contributed by atoms with Gasteiger partial charge in [-0.1, -0.05) is 48.5 Å². The number of rotatable bonds is 5. The average molecular weight is 278 g/mol. The first-order chi connectivity index (χ1) is 10.3. The van der Waals surface area contributed by atoms with Crippen molar-refractivity contribution >= 4 is 0 Å². The Labute approximate surface area is 124 Å². The fraction of sp³-hybridized carbons (Fsp3) is 0.167. The topological polar surface area (TPSA) is 38.1 Å². The summed E-state index contributed by atoms with van der Waals surface area (Å²) in [6, 6.07) is 20.1. The molecular formula is C18H18N2O. The molecule has 0 amide bonds. The van der Waals surface area contributed by atoms with Crippen LogP contribution in [0.15, 0.2) is 73.1 Å². The molecule has 0 radical (unpaired) electrons. The molecule has 3 nitrogen and oxygen atoms in total. The number of hydrogen-bond acceptors (Lipinski definition) is 2. The summed E-state index contributed by atoms with van der Waals surface area (Å²) in [5.74, 6) is 0. The summed E-state index contributed by atoms with van der Waals surface area (Å²) in [7, 11) is 0. The summed E-state index contributed by atoms with van der Waals surface area (Å²) in [6.45, 7) is 0. The predicted octanol–water partition coefficient (Wildman–Crippen LogP) is 3.54. The average Bonchev–Trinajstić information content (AvgIpc) is 3.04. The van der Waals surface area contributed by atoms with Gasteiger partial charge in [0.25, 0.3) is 0 Å². The van der Waals surface area contributed by atoms with E-state index in [1.165, 1.54) is 5.56 Å². The highest BCUT2D eigenvalue weighted by Gasteiger charge is 2.10. The summed E-state index contributed by atoms with van der Waals surface area (Å²) in [5.41, 5.74) is 3.10. The molecular weight excluding hydrogens is 260 g/mol. The zero-order valence-electron chi connectivity index (χ0n) is 11.8. The number of aliphatic hydroxyl groups excluding tert-OH is 1. The number of para-hydroxylation sites is 1. The number of nitrogens with zero attached hydrogens (tertiary/aromatic N) is 2. The summed E-state index contributed by atoms with van der Waals surface area (Å²) >= 11 is 0. The predicted molar refractivity (Wildman–Crippen MR) is 83.3 cm³/mol. The van der Waals surface area contributed by atoms with Gasteiger partial charge in [0, 0.05) is 11.8 Å². The van der Waals surface area contributed by atoms with E-state index in [1.807, 2.05) is 54.7 Å². The summed E-state index contributed by atoms with van der Waals surface area (Å²) in [5, 5.41) is 14.6. The Morgan fingerprint density at radius 3 is 2.33 bits per heavy atom. The van der Waals surface area contributed by atoms with E-state index in [1.54, 1.807) is 10.9 Å². The van der Waals surface area contributed by atoms with E-state index < -0.39 is 6.10 Å². The molecule has 0 saturated heterocycles. The van der Waals surface area contributed by atoms with Crippen molar-refractivity contribution in [3.63, 3.8) is 0 Å². The van der Waals surface area contributed by atoms with E-state index in [-0.39, 0.29) is 0 Å². The maximum atomic E-state index is 10.3. The number of aliphatic hydroxyl groups is 1. The third-order valence-corrected chi connectivity index (χ3v) is 3.56. The maximum absolute atomic E-state index is 10.3. The molecule has 0 spiro atoms. The van der Waals surface area contributed by atoms with Crippen molar-refractivity contribution in [2.24, 2.45) is 0 Å². The van der Waals surface area contributed by atoms with Gasteiger partial charge in [-0.3, -0.25) is 0 Å². The second-order valence-electron chi connectivity index (χ2n) is 5.09. The van der Waals surface area contributed by atoms with Crippen LogP contribution in [0.1, 0.15) is 23.7 Å². The molecule has 0 fully saturated rings. The van der Waals surface area contributed by atoms with Crippen LogP contribution < -0.4 is 0 Å². The Morgan fingerprint density at radius 2 is 1.62 bits per heavy atom. The smallest absolute Gasteiger partial charge is 0.0823 e. The minimum atomic E-state index is -0.484. The SMILES string of the molecule is OC(CCc1ccccc1)c1cnn(-c2ccccc2)c1. The summed E-state index contributed by atoms with van der Waals surface area (Å²) < 4.78 is 1.79. The molecule has 3 aromatic rings. The van der Waals surface area contributed by atoms with Crippen molar-refractivity contribution in [1.29, 1.82) is 0 Å². The number of aryl methyl sites for hydroxylation is 1. The van der Waals surface area contributed by atoms with Gasteiger partial charge in [-0.25, -0.2) is 4.68 Å². The highest BCUT2D eigenvalue weighted by Crippen LogP contribution is 2.19. The van der Waals surface area contributed by atoms with Crippen LogP contribution in [-0.4, -0.2) is 14.9 Å². The molecule has 21 heavy (non-hydrogen) atoms. The summed E-state index contributed by atoms with van der Waals surface area (Å²) in [6.07, 6.45) is 4.71. The van der Waals surface area contributed by atoms with E-state index in [0.717, 1.165) is 17.7 Å². The minimum Gasteiger partial charge on any atom is -0.388 e. The van der Waals surface area contributed by atoms with Gasteiger partial charge in [-0.15, -0.1) is 0 Å². The molecule has 0 aliphatic carbocycles. The molecule has 2 aromatic carbocycles. The van der Waals surface area contributed by atoms with Crippen LogP contribution in [-0.2, 0) is 6.42 Å². The van der Waals surface area contributed by atoms with Crippen molar-refractivity contribution in [1.82, 2.24) is 9.78 Å².